The predicted molar refractivity (Wildman–Crippen MR) is 85.6 cm³/mol. The Balaban J connectivity index is 1.44. The molecular formula is C17H24F6N2O3. The van der Waals surface area contributed by atoms with E-state index in [2.05, 4.69) is 10.1 Å². The molecule has 0 radical (unpaired) electrons. The van der Waals surface area contributed by atoms with Crippen LogP contribution in [0.2, 0.25) is 0 Å². The number of amides is 1. The van der Waals surface area contributed by atoms with Crippen LogP contribution in [0, 0.1) is 11.3 Å². The van der Waals surface area contributed by atoms with Gasteiger partial charge in [-0.25, -0.2) is 4.79 Å². The van der Waals surface area contributed by atoms with Crippen LogP contribution in [0.5, 0.6) is 0 Å². The van der Waals surface area contributed by atoms with Crippen LogP contribution in [-0.2, 0) is 9.47 Å². The Kier molecular flexibility index (Phi) is 6.05. The number of nitrogens with zero attached hydrogens (tertiary/aromatic N) is 1. The Morgan fingerprint density at radius 2 is 1.68 bits per heavy atom. The largest absolute Gasteiger partial charge is 0.434 e. The summed E-state index contributed by atoms with van der Waals surface area (Å²) in [6.45, 7) is 2.52. The van der Waals surface area contributed by atoms with E-state index in [9.17, 15) is 31.1 Å². The zero-order chi connectivity index (χ0) is 20.6. The van der Waals surface area contributed by atoms with E-state index in [-0.39, 0.29) is 18.5 Å². The average molecular weight is 418 g/mol. The first-order valence-corrected chi connectivity index (χ1v) is 9.41. The molecule has 2 aliphatic heterocycles. The Morgan fingerprint density at radius 1 is 1.11 bits per heavy atom. The van der Waals surface area contributed by atoms with Crippen LogP contribution in [0.1, 0.15) is 32.1 Å². The van der Waals surface area contributed by atoms with Crippen molar-refractivity contribution in [3.05, 3.63) is 0 Å². The van der Waals surface area contributed by atoms with Gasteiger partial charge >= 0.3 is 18.4 Å². The fraction of sp³-hybridized carbons (Fsp3) is 0.941. The van der Waals surface area contributed by atoms with Gasteiger partial charge in [-0.15, -0.1) is 0 Å². The summed E-state index contributed by atoms with van der Waals surface area (Å²) in [5, 5.41) is 3.51. The van der Waals surface area contributed by atoms with E-state index in [4.69, 9.17) is 4.74 Å². The number of rotatable bonds is 4. The Bertz CT molecular complexity index is 540. The van der Waals surface area contributed by atoms with Crippen molar-refractivity contribution < 1.29 is 40.6 Å². The molecule has 162 valence electrons. The standard InChI is InChI=1S/C17H24F6N2O3/c18-16(19,20)13(17(21,22)23)28-14(26)25-5-3-15(4-6-25)9-11(15)10-24-12-1-7-27-8-2-12/h11-13,24H,1-10H2. The maximum Gasteiger partial charge on any atom is 0.434 e. The summed E-state index contributed by atoms with van der Waals surface area (Å²) in [5.74, 6) is 0.423. The van der Waals surface area contributed by atoms with Crippen molar-refractivity contribution in [3.8, 4) is 0 Å². The number of nitrogens with one attached hydrogen (secondary N) is 1. The van der Waals surface area contributed by atoms with Crippen molar-refractivity contribution in [1.82, 2.24) is 10.2 Å². The van der Waals surface area contributed by atoms with Crippen molar-refractivity contribution in [1.29, 1.82) is 0 Å². The van der Waals surface area contributed by atoms with E-state index >= 15 is 0 Å². The summed E-state index contributed by atoms with van der Waals surface area (Å²) in [6, 6.07) is 0.420. The van der Waals surface area contributed by atoms with Gasteiger partial charge in [-0.2, -0.15) is 26.3 Å². The lowest BCUT2D eigenvalue weighted by Gasteiger charge is -2.34. The summed E-state index contributed by atoms with van der Waals surface area (Å²) < 4.78 is 84.3. The van der Waals surface area contributed by atoms with Crippen LogP contribution >= 0.6 is 0 Å². The van der Waals surface area contributed by atoms with E-state index in [1.807, 2.05) is 0 Å². The number of piperidine rings is 1. The molecule has 3 rings (SSSR count). The van der Waals surface area contributed by atoms with Gasteiger partial charge < -0.3 is 19.7 Å². The number of alkyl halides is 6. The number of halogens is 6. The second-order valence-electron chi connectivity index (χ2n) is 7.89. The van der Waals surface area contributed by atoms with Gasteiger partial charge in [0, 0.05) is 32.3 Å². The highest BCUT2D eigenvalue weighted by molar-refractivity contribution is 5.68. The van der Waals surface area contributed by atoms with Crippen molar-refractivity contribution in [2.45, 2.75) is 56.6 Å². The number of hydrogen-bond acceptors (Lipinski definition) is 4. The molecule has 2 heterocycles. The molecule has 1 N–H and O–H groups in total. The highest BCUT2D eigenvalue weighted by atomic mass is 19.4. The van der Waals surface area contributed by atoms with Gasteiger partial charge in [0.05, 0.1) is 0 Å². The molecule has 2 saturated heterocycles. The van der Waals surface area contributed by atoms with Crippen LogP contribution < -0.4 is 5.32 Å². The fourth-order valence-electron chi connectivity index (χ4n) is 4.17. The summed E-state index contributed by atoms with van der Waals surface area (Å²) in [4.78, 5) is 12.8. The first kappa shape index (κ1) is 21.5. The van der Waals surface area contributed by atoms with Gasteiger partial charge in [0.25, 0.3) is 6.10 Å². The van der Waals surface area contributed by atoms with Crippen LogP contribution in [0.25, 0.3) is 0 Å². The molecule has 11 heteroatoms. The molecule has 0 aromatic heterocycles. The van der Waals surface area contributed by atoms with Gasteiger partial charge in [0.2, 0.25) is 0 Å². The molecule has 3 fully saturated rings. The molecule has 1 spiro atoms. The predicted octanol–water partition coefficient (Wildman–Crippen LogP) is 3.49. The summed E-state index contributed by atoms with van der Waals surface area (Å²) in [7, 11) is 0. The van der Waals surface area contributed by atoms with Crippen LogP contribution in [0.3, 0.4) is 0 Å². The van der Waals surface area contributed by atoms with E-state index in [0.717, 1.165) is 43.9 Å². The molecule has 5 nitrogen and oxygen atoms in total. The third kappa shape index (κ3) is 5.03. The van der Waals surface area contributed by atoms with Crippen LogP contribution in [0.15, 0.2) is 0 Å². The molecule has 1 saturated carbocycles. The number of likely N-dealkylation sites (tertiary alicyclic amines) is 1. The molecule has 0 aromatic rings. The lowest BCUT2D eigenvalue weighted by molar-refractivity contribution is -0.308. The minimum Gasteiger partial charge on any atom is -0.426 e. The molecule has 28 heavy (non-hydrogen) atoms. The number of carbonyl (C=O) groups excluding carboxylic acids is 1. The third-order valence-electron chi connectivity index (χ3n) is 6.06. The van der Waals surface area contributed by atoms with Crippen molar-refractivity contribution in [2.75, 3.05) is 32.8 Å². The smallest absolute Gasteiger partial charge is 0.426 e. The lowest BCUT2D eigenvalue weighted by Crippen LogP contribution is -2.49. The second kappa shape index (κ2) is 7.89. The maximum absolute atomic E-state index is 12.5. The van der Waals surface area contributed by atoms with E-state index in [0.29, 0.717) is 24.8 Å². The normalized spacial score (nSPS) is 26.0. The van der Waals surface area contributed by atoms with E-state index in [1.54, 1.807) is 0 Å². The Hall–Kier alpha value is -1.23. The summed E-state index contributed by atoms with van der Waals surface area (Å²) >= 11 is 0. The second-order valence-corrected chi connectivity index (χ2v) is 7.89. The van der Waals surface area contributed by atoms with E-state index < -0.39 is 24.5 Å². The Morgan fingerprint density at radius 3 is 2.21 bits per heavy atom. The van der Waals surface area contributed by atoms with Gasteiger partial charge in [-0.1, -0.05) is 0 Å². The van der Waals surface area contributed by atoms with Gasteiger partial charge in [0.15, 0.2) is 0 Å². The van der Waals surface area contributed by atoms with Crippen molar-refractivity contribution >= 4 is 6.09 Å². The molecular weight excluding hydrogens is 394 g/mol. The first-order chi connectivity index (χ1) is 13.0. The zero-order valence-corrected chi connectivity index (χ0v) is 15.2. The molecule has 1 aliphatic carbocycles. The van der Waals surface area contributed by atoms with Gasteiger partial charge in [0.1, 0.15) is 0 Å². The molecule has 1 unspecified atom stereocenters. The zero-order valence-electron chi connectivity index (χ0n) is 15.2. The quantitative estimate of drug-likeness (QED) is 0.711. The number of hydrogen-bond donors (Lipinski definition) is 1. The van der Waals surface area contributed by atoms with Gasteiger partial charge in [-0.3, -0.25) is 0 Å². The molecule has 3 aliphatic rings. The lowest BCUT2D eigenvalue weighted by atomic mass is 9.91. The number of carbonyl (C=O) groups is 1. The van der Waals surface area contributed by atoms with E-state index in [1.165, 1.54) is 0 Å². The molecule has 1 atom stereocenters. The first-order valence-electron chi connectivity index (χ1n) is 9.41. The van der Waals surface area contributed by atoms with Crippen molar-refractivity contribution in [2.24, 2.45) is 11.3 Å². The van der Waals surface area contributed by atoms with Crippen LogP contribution in [0.4, 0.5) is 31.1 Å². The number of ether oxygens (including phenoxy) is 2. The minimum absolute atomic E-state index is 0.0302. The average Bonchev–Trinajstić information content (AvgIpc) is 3.29. The summed E-state index contributed by atoms with van der Waals surface area (Å²) in [5.41, 5.74) is 0.0302. The SMILES string of the molecule is O=C(OC(C(F)(F)F)C(F)(F)F)N1CCC2(CC1)CC2CNC1CCOCC1. The highest BCUT2D eigenvalue weighted by Crippen LogP contribution is 2.59. The highest BCUT2D eigenvalue weighted by Gasteiger charge is 2.61. The van der Waals surface area contributed by atoms with Crippen molar-refractivity contribution in [3.63, 3.8) is 0 Å². The molecule has 0 aromatic carbocycles. The topological polar surface area (TPSA) is 50.8 Å². The molecule has 1 amide bonds. The Labute approximate surface area is 158 Å². The minimum atomic E-state index is -5.69. The monoisotopic (exact) mass is 418 g/mol. The molecule has 0 bridgehead atoms. The van der Waals surface area contributed by atoms with Gasteiger partial charge in [-0.05, 0) is 50.0 Å². The summed E-state index contributed by atoms with van der Waals surface area (Å²) in [6.07, 6.45) is -13.1. The fourth-order valence-corrected chi connectivity index (χ4v) is 4.17. The third-order valence-corrected chi connectivity index (χ3v) is 6.06. The van der Waals surface area contributed by atoms with Crippen LogP contribution in [-0.4, -0.2) is 68.3 Å². The maximum atomic E-state index is 12.5.